The zero-order chi connectivity index (χ0) is 20.4. The van der Waals surface area contributed by atoms with Crippen LogP contribution in [0.1, 0.15) is 33.3 Å². The molecule has 0 aliphatic carbocycles. The minimum atomic E-state index is -0.844. The first-order valence-corrected chi connectivity index (χ1v) is 10.2. The molecule has 1 heterocycles. The Labute approximate surface area is 169 Å². The first-order valence-electron chi connectivity index (χ1n) is 10.2. The monoisotopic (exact) mass is 392 g/mol. The van der Waals surface area contributed by atoms with Crippen molar-refractivity contribution in [3.63, 3.8) is 0 Å². The van der Waals surface area contributed by atoms with E-state index in [4.69, 9.17) is 9.47 Å². The molecule has 1 aliphatic rings. The Bertz CT molecular complexity index is 596. The average molecular weight is 393 g/mol. The predicted octanol–water partition coefficient (Wildman–Crippen LogP) is 1.61. The van der Waals surface area contributed by atoms with Crippen molar-refractivity contribution in [2.24, 2.45) is 4.99 Å². The van der Waals surface area contributed by atoms with Crippen LogP contribution in [0.25, 0.3) is 0 Å². The number of benzene rings is 1. The third-order valence-electron chi connectivity index (χ3n) is 4.36. The minimum absolute atomic E-state index is 0.165. The quantitative estimate of drug-likeness (QED) is 0.438. The smallest absolute Gasteiger partial charge is 0.191 e. The number of aliphatic imine (C=N–C) groups is 1. The number of aliphatic hydroxyl groups is 1. The topological polar surface area (TPSA) is 78.4 Å². The van der Waals surface area contributed by atoms with Crippen LogP contribution in [0.15, 0.2) is 29.3 Å². The number of β-amino-alcohol motifs (C(OH)–C–C–N with tert-alkyl or cyclic N) is 1. The molecule has 0 radical (unpaired) electrons. The van der Waals surface area contributed by atoms with Gasteiger partial charge in [0.15, 0.2) is 5.96 Å². The average Bonchev–Trinajstić information content (AvgIpc) is 2.65. The SMILES string of the molecule is CCNC(=NCc1ccc(OC(C)C)cc1)NCC(C)(O)CN1CCOCC1. The van der Waals surface area contributed by atoms with Crippen molar-refractivity contribution in [1.29, 1.82) is 0 Å². The van der Waals surface area contributed by atoms with Crippen LogP contribution >= 0.6 is 0 Å². The van der Waals surface area contributed by atoms with Gasteiger partial charge in [-0.05, 0) is 45.4 Å². The highest BCUT2D eigenvalue weighted by molar-refractivity contribution is 5.79. The summed E-state index contributed by atoms with van der Waals surface area (Å²) in [4.78, 5) is 6.87. The van der Waals surface area contributed by atoms with Gasteiger partial charge in [-0.2, -0.15) is 0 Å². The number of nitrogens with zero attached hydrogens (tertiary/aromatic N) is 2. The van der Waals surface area contributed by atoms with Crippen LogP contribution in [0.5, 0.6) is 5.75 Å². The van der Waals surface area contributed by atoms with E-state index >= 15 is 0 Å². The van der Waals surface area contributed by atoms with E-state index < -0.39 is 5.60 Å². The lowest BCUT2D eigenvalue weighted by molar-refractivity contribution is -0.0201. The summed E-state index contributed by atoms with van der Waals surface area (Å²) in [5.41, 5.74) is 0.261. The van der Waals surface area contributed by atoms with Crippen molar-refractivity contribution in [1.82, 2.24) is 15.5 Å². The number of rotatable bonds is 9. The minimum Gasteiger partial charge on any atom is -0.491 e. The highest BCUT2D eigenvalue weighted by Crippen LogP contribution is 2.14. The Balaban J connectivity index is 1.86. The van der Waals surface area contributed by atoms with E-state index in [2.05, 4.69) is 20.5 Å². The molecule has 28 heavy (non-hydrogen) atoms. The summed E-state index contributed by atoms with van der Waals surface area (Å²) >= 11 is 0. The molecule has 0 aromatic heterocycles. The first kappa shape index (κ1) is 22.5. The normalized spacial score (nSPS) is 18.0. The van der Waals surface area contributed by atoms with Gasteiger partial charge in [0.1, 0.15) is 5.75 Å². The largest absolute Gasteiger partial charge is 0.491 e. The van der Waals surface area contributed by atoms with Gasteiger partial charge in [0, 0.05) is 32.7 Å². The maximum absolute atomic E-state index is 10.7. The number of guanidine groups is 1. The van der Waals surface area contributed by atoms with E-state index in [-0.39, 0.29) is 6.10 Å². The summed E-state index contributed by atoms with van der Waals surface area (Å²) in [6, 6.07) is 8.00. The zero-order valence-electron chi connectivity index (χ0n) is 17.7. The lowest BCUT2D eigenvalue weighted by Gasteiger charge is -2.34. The van der Waals surface area contributed by atoms with Gasteiger partial charge < -0.3 is 25.2 Å². The van der Waals surface area contributed by atoms with Crippen LogP contribution in [0.4, 0.5) is 0 Å². The molecule has 1 aromatic rings. The highest BCUT2D eigenvalue weighted by atomic mass is 16.5. The van der Waals surface area contributed by atoms with Crippen molar-refractivity contribution < 1.29 is 14.6 Å². The summed E-state index contributed by atoms with van der Waals surface area (Å²) in [7, 11) is 0. The second kappa shape index (κ2) is 11.2. The lowest BCUT2D eigenvalue weighted by atomic mass is 10.1. The number of ether oxygens (including phenoxy) is 2. The maximum Gasteiger partial charge on any atom is 0.191 e. The molecule has 1 aromatic carbocycles. The highest BCUT2D eigenvalue weighted by Gasteiger charge is 2.25. The van der Waals surface area contributed by atoms with Crippen molar-refractivity contribution in [2.45, 2.75) is 45.9 Å². The Morgan fingerprint density at radius 2 is 1.93 bits per heavy atom. The molecule has 1 aliphatic heterocycles. The van der Waals surface area contributed by atoms with Crippen LogP contribution in [-0.4, -0.2) is 73.6 Å². The summed E-state index contributed by atoms with van der Waals surface area (Å²) in [5.74, 6) is 1.57. The van der Waals surface area contributed by atoms with Crippen LogP contribution in [0.2, 0.25) is 0 Å². The van der Waals surface area contributed by atoms with Gasteiger partial charge in [0.25, 0.3) is 0 Å². The van der Waals surface area contributed by atoms with E-state index in [1.54, 1.807) is 0 Å². The molecule has 3 N–H and O–H groups in total. The van der Waals surface area contributed by atoms with Gasteiger partial charge in [-0.15, -0.1) is 0 Å². The van der Waals surface area contributed by atoms with E-state index in [0.717, 1.165) is 44.2 Å². The van der Waals surface area contributed by atoms with Gasteiger partial charge in [-0.3, -0.25) is 4.90 Å². The molecule has 158 valence electrons. The first-order chi connectivity index (χ1) is 13.4. The molecule has 0 amide bonds. The van der Waals surface area contributed by atoms with Crippen LogP contribution in [0, 0.1) is 0 Å². The molecular weight excluding hydrogens is 356 g/mol. The van der Waals surface area contributed by atoms with E-state index in [9.17, 15) is 5.11 Å². The van der Waals surface area contributed by atoms with E-state index in [0.29, 0.717) is 25.6 Å². The molecule has 0 bridgehead atoms. The molecule has 1 unspecified atom stereocenters. The zero-order valence-corrected chi connectivity index (χ0v) is 17.7. The van der Waals surface area contributed by atoms with Crippen molar-refractivity contribution in [3.8, 4) is 5.75 Å². The number of morpholine rings is 1. The Morgan fingerprint density at radius 3 is 2.54 bits per heavy atom. The molecule has 7 nitrogen and oxygen atoms in total. The maximum atomic E-state index is 10.7. The summed E-state index contributed by atoms with van der Waals surface area (Å²) in [6.45, 7) is 13.5. The summed E-state index contributed by atoms with van der Waals surface area (Å²) in [6.07, 6.45) is 0.165. The second-order valence-electron chi connectivity index (χ2n) is 7.74. The molecule has 2 rings (SSSR count). The standard InChI is InChI=1S/C21H36N4O3/c1-5-22-20(23-14-18-6-8-19(9-7-18)28-17(2)3)24-15-21(4,26)16-25-10-12-27-13-11-25/h6-9,17,26H,5,10-16H2,1-4H3,(H2,22,23,24). The van der Waals surface area contributed by atoms with Gasteiger partial charge in [-0.25, -0.2) is 4.99 Å². The van der Waals surface area contributed by atoms with Gasteiger partial charge in [-0.1, -0.05) is 12.1 Å². The lowest BCUT2D eigenvalue weighted by Crippen LogP contribution is -2.52. The Kier molecular flexibility index (Phi) is 9.02. The van der Waals surface area contributed by atoms with Crippen LogP contribution in [0.3, 0.4) is 0 Å². The van der Waals surface area contributed by atoms with Gasteiger partial charge in [0.05, 0.1) is 31.5 Å². The molecular formula is C21H36N4O3. The Hall–Kier alpha value is -1.83. The third kappa shape index (κ3) is 8.46. The van der Waals surface area contributed by atoms with Crippen LogP contribution < -0.4 is 15.4 Å². The number of nitrogens with one attached hydrogen (secondary N) is 2. The summed E-state index contributed by atoms with van der Waals surface area (Å²) < 4.78 is 11.0. The van der Waals surface area contributed by atoms with Crippen molar-refractivity contribution in [3.05, 3.63) is 29.8 Å². The van der Waals surface area contributed by atoms with Gasteiger partial charge >= 0.3 is 0 Å². The molecule has 7 heteroatoms. The van der Waals surface area contributed by atoms with E-state index in [1.165, 1.54) is 0 Å². The summed E-state index contributed by atoms with van der Waals surface area (Å²) in [5, 5.41) is 17.2. The fourth-order valence-electron chi connectivity index (χ4n) is 3.03. The molecule has 0 spiro atoms. The number of hydrogen-bond acceptors (Lipinski definition) is 5. The van der Waals surface area contributed by atoms with Crippen LogP contribution in [-0.2, 0) is 11.3 Å². The van der Waals surface area contributed by atoms with Crippen molar-refractivity contribution in [2.75, 3.05) is 45.9 Å². The molecule has 1 saturated heterocycles. The molecule has 1 fully saturated rings. The Morgan fingerprint density at radius 1 is 1.25 bits per heavy atom. The second-order valence-corrected chi connectivity index (χ2v) is 7.74. The predicted molar refractivity (Wildman–Crippen MR) is 113 cm³/mol. The van der Waals surface area contributed by atoms with Crippen molar-refractivity contribution >= 4 is 5.96 Å². The number of hydrogen-bond donors (Lipinski definition) is 3. The fourth-order valence-corrected chi connectivity index (χ4v) is 3.03. The van der Waals surface area contributed by atoms with Gasteiger partial charge in [0.2, 0.25) is 0 Å². The molecule has 0 saturated carbocycles. The fraction of sp³-hybridized carbons (Fsp3) is 0.667. The molecule has 1 atom stereocenters. The van der Waals surface area contributed by atoms with E-state index in [1.807, 2.05) is 52.0 Å². The third-order valence-corrected chi connectivity index (χ3v) is 4.36.